The van der Waals surface area contributed by atoms with Gasteiger partial charge in [0.1, 0.15) is 0 Å². The zero-order chi connectivity index (χ0) is 7.98. The first-order chi connectivity index (χ1) is 4.66. The molecule has 1 nitrogen and oxygen atoms in total. The molecule has 0 saturated carbocycles. The lowest BCUT2D eigenvalue weighted by molar-refractivity contribution is 0.675. The lowest BCUT2D eigenvalue weighted by Crippen LogP contribution is -2.13. The maximum absolute atomic E-state index is 5.56. The van der Waals surface area contributed by atoms with Gasteiger partial charge in [-0.2, -0.15) is 0 Å². The number of rotatable bonds is 4. The lowest BCUT2D eigenvalue weighted by Gasteiger charge is -2.00. The van der Waals surface area contributed by atoms with Crippen LogP contribution >= 0.6 is 0 Å². The van der Waals surface area contributed by atoms with E-state index in [1.54, 1.807) is 0 Å². The van der Waals surface area contributed by atoms with E-state index in [1.807, 2.05) is 19.9 Å². The molecule has 0 radical (unpaired) electrons. The Kier molecular flexibility index (Phi) is 4.95. The molecule has 0 amide bonds. The van der Waals surface area contributed by atoms with Crippen molar-refractivity contribution in [3.63, 3.8) is 0 Å². The van der Waals surface area contributed by atoms with Crippen LogP contribution in [0, 0.1) is 0 Å². The minimum atomic E-state index is 0.314. The highest BCUT2D eigenvalue weighted by Crippen LogP contribution is 2.00. The molecular formula is C9H17N. The summed E-state index contributed by atoms with van der Waals surface area (Å²) in [6, 6.07) is 0.314. The topological polar surface area (TPSA) is 26.0 Å². The second-order valence-corrected chi connectivity index (χ2v) is 2.71. The van der Waals surface area contributed by atoms with Crippen molar-refractivity contribution < 1.29 is 0 Å². The molecular weight excluding hydrogens is 122 g/mol. The van der Waals surface area contributed by atoms with E-state index in [0.717, 1.165) is 12.8 Å². The molecule has 2 N–H and O–H groups in total. The molecule has 0 aliphatic carbocycles. The zero-order valence-electron chi connectivity index (χ0n) is 6.93. The smallest absolute Gasteiger partial charge is 0.00134 e. The van der Waals surface area contributed by atoms with Crippen LogP contribution < -0.4 is 5.73 Å². The fourth-order valence-corrected chi connectivity index (χ4v) is 0.657. The Hall–Kier alpha value is -0.560. The van der Waals surface area contributed by atoms with Gasteiger partial charge in [-0.15, -0.1) is 0 Å². The van der Waals surface area contributed by atoms with E-state index in [0.29, 0.717) is 6.04 Å². The van der Waals surface area contributed by atoms with Crippen LogP contribution in [0.15, 0.2) is 24.3 Å². The summed E-state index contributed by atoms with van der Waals surface area (Å²) in [4.78, 5) is 0. The predicted octanol–water partition coefficient (Wildman–Crippen LogP) is 2.25. The van der Waals surface area contributed by atoms with Gasteiger partial charge in [0, 0.05) is 6.04 Å². The van der Waals surface area contributed by atoms with Gasteiger partial charge in [0.2, 0.25) is 0 Å². The largest absolute Gasteiger partial charge is 0.328 e. The Morgan fingerprint density at radius 2 is 2.30 bits per heavy atom. The molecule has 0 aromatic heterocycles. The van der Waals surface area contributed by atoms with Crippen molar-refractivity contribution in [2.75, 3.05) is 0 Å². The Bertz CT molecular complexity index is 123. The summed E-state index contributed by atoms with van der Waals surface area (Å²) in [5.41, 5.74) is 6.80. The Morgan fingerprint density at radius 3 is 2.70 bits per heavy atom. The quantitative estimate of drug-likeness (QED) is 0.594. The van der Waals surface area contributed by atoms with Gasteiger partial charge in [-0.3, -0.25) is 0 Å². The first-order valence-electron chi connectivity index (χ1n) is 3.71. The van der Waals surface area contributed by atoms with Crippen LogP contribution in [0.2, 0.25) is 0 Å². The molecule has 1 unspecified atom stereocenters. The zero-order valence-corrected chi connectivity index (χ0v) is 6.93. The maximum atomic E-state index is 5.56. The van der Waals surface area contributed by atoms with Gasteiger partial charge in [0.25, 0.3) is 0 Å². The number of allylic oxidation sites excluding steroid dienone is 3. The van der Waals surface area contributed by atoms with Gasteiger partial charge in [-0.05, 0) is 26.7 Å². The monoisotopic (exact) mass is 139 g/mol. The van der Waals surface area contributed by atoms with Gasteiger partial charge in [0.15, 0.2) is 0 Å². The maximum Gasteiger partial charge on any atom is 0.00134 e. The van der Waals surface area contributed by atoms with Gasteiger partial charge >= 0.3 is 0 Å². The highest BCUT2D eigenvalue weighted by molar-refractivity contribution is 5.12. The normalized spacial score (nSPS) is 14.9. The molecule has 0 aromatic rings. The minimum absolute atomic E-state index is 0.314. The van der Waals surface area contributed by atoms with Crippen LogP contribution in [0.25, 0.3) is 0 Å². The Balaban J connectivity index is 3.43. The molecule has 10 heavy (non-hydrogen) atoms. The summed E-state index contributed by atoms with van der Waals surface area (Å²) < 4.78 is 0. The minimum Gasteiger partial charge on any atom is -0.328 e. The lowest BCUT2D eigenvalue weighted by atomic mass is 10.1. The molecule has 0 aliphatic rings. The molecule has 0 aromatic carbocycles. The van der Waals surface area contributed by atoms with E-state index < -0.39 is 0 Å². The van der Waals surface area contributed by atoms with Crippen molar-refractivity contribution in [1.29, 1.82) is 0 Å². The molecule has 0 saturated heterocycles. The fourth-order valence-electron chi connectivity index (χ4n) is 0.657. The van der Waals surface area contributed by atoms with Crippen LogP contribution in [0.4, 0.5) is 0 Å². The van der Waals surface area contributed by atoms with E-state index in [4.69, 9.17) is 5.73 Å². The molecule has 0 aliphatic heterocycles. The molecule has 0 bridgehead atoms. The van der Waals surface area contributed by atoms with Crippen molar-refractivity contribution in [2.45, 2.75) is 32.7 Å². The summed E-state index contributed by atoms with van der Waals surface area (Å²) in [7, 11) is 0. The van der Waals surface area contributed by atoms with E-state index in [2.05, 4.69) is 12.7 Å². The Morgan fingerprint density at radius 1 is 1.70 bits per heavy atom. The summed E-state index contributed by atoms with van der Waals surface area (Å²) in [6.07, 6.45) is 6.15. The molecule has 58 valence electrons. The third-order valence-corrected chi connectivity index (χ3v) is 1.41. The highest BCUT2D eigenvalue weighted by Gasteiger charge is 1.89. The second kappa shape index (κ2) is 5.24. The molecule has 0 rings (SSSR count). The number of nitrogens with two attached hydrogens (primary N) is 1. The van der Waals surface area contributed by atoms with Crippen LogP contribution in [-0.2, 0) is 0 Å². The van der Waals surface area contributed by atoms with Gasteiger partial charge < -0.3 is 5.73 Å². The first kappa shape index (κ1) is 9.44. The summed E-state index contributed by atoms with van der Waals surface area (Å²) in [6.45, 7) is 7.73. The van der Waals surface area contributed by atoms with E-state index in [9.17, 15) is 0 Å². The van der Waals surface area contributed by atoms with Crippen LogP contribution in [0.1, 0.15) is 26.7 Å². The van der Waals surface area contributed by atoms with Crippen molar-refractivity contribution in [1.82, 2.24) is 0 Å². The average Bonchev–Trinajstić information content (AvgIpc) is 1.87. The standard InChI is InChI=1S/C9H17N/c1-4-8(2)6-5-7-9(3)10/h4,6,9H,1,5,7,10H2,2-3H3/b8-6-. The highest BCUT2D eigenvalue weighted by atomic mass is 14.6. The fraction of sp³-hybridized carbons (Fsp3) is 0.556. The van der Waals surface area contributed by atoms with Gasteiger partial charge in [-0.25, -0.2) is 0 Å². The van der Waals surface area contributed by atoms with E-state index >= 15 is 0 Å². The number of hydrogen-bond donors (Lipinski definition) is 1. The second-order valence-electron chi connectivity index (χ2n) is 2.71. The SMILES string of the molecule is C=C/C(C)=C\CCC(C)N. The van der Waals surface area contributed by atoms with Crippen molar-refractivity contribution >= 4 is 0 Å². The molecule has 0 heterocycles. The third kappa shape index (κ3) is 5.57. The van der Waals surface area contributed by atoms with Crippen LogP contribution in [0.5, 0.6) is 0 Å². The van der Waals surface area contributed by atoms with E-state index in [1.165, 1.54) is 5.57 Å². The van der Waals surface area contributed by atoms with Crippen LogP contribution in [0.3, 0.4) is 0 Å². The van der Waals surface area contributed by atoms with Crippen molar-refractivity contribution in [3.8, 4) is 0 Å². The number of hydrogen-bond acceptors (Lipinski definition) is 1. The summed E-state index contributed by atoms with van der Waals surface area (Å²) >= 11 is 0. The first-order valence-corrected chi connectivity index (χ1v) is 3.71. The van der Waals surface area contributed by atoms with Crippen LogP contribution in [-0.4, -0.2) is 6.04 Å². The summed E-state index contributed by atoms with van der Waals surface area (Å²) in [5.74, 6) is 0. The molecule has 0 fully saturated rings. The molecule has 1 heteroatoms. The summed E-state index contributed by atoms with van der Waals surface area (Å²) in [5, 5.41) is 0. The molecule has 0 spiro atoms. The predicted molar refractivity (Wildman–Crippen MR) is 46.8 cm³/mol. The Labute approximate surface area is 63.6 Å². The van der Waals surface area contributed by atoms with E-state index in [-0.39, 0.29) is 0 Å². The van der Waals surface area contributed by atoms with Gasteiger partial charge in [-0.1, -0.05) is 24.3 Å². The molecule has 1 atom stereocenters. The van der Waals surface area contributed by atoms with Crippen molar-refractivity contribution in [2.24, 2.45) is 5.73 Å². The third-order valence-electron chi connectivity index (χ3n) is 1.41. The average molecular weight is 139 g/mol. The van der Waals surface area contributed by atoms with Gasteiger partial charge in [0.05, 0.1) is 0 Å². The van der Waals surface area contributed by atoms with Crippen molar-refractivity contribution in [3.05, 3.63) is 24.3 Å².